The molecule has 27 heavy (non-hydrogen) atoms. The van der Waals surface area contributed by atoms with Gasteiger partial charge in [-0.05, 0) is 18.4 Å². The lowest BCUT2D eigenvalue weighted by molar-refractivity contribution is -0.139. The van der Waals surface area contributed by atoms with E-state index in [4.69, 9.17) is 9.47 Å². The topological polar surface area (TPSA) is 116 Å². The number of esters is 2. The van der Waals surface area contributed by atoms with E-state index in [9.17, 15) is 20.1 Å². The number of allylic oxidation sites excluding steroid dienone is 4. The highest BCUT2D eigenvalue weighted by atomic mass is 32.2. The van der Waals surface area contributed by atoms with Crippen LogP contribution < -0.4 is 0 Å². The van der Waals surface area contributed by atoms with Crippen LogP contribution in [0.25, 0.3) is 0 Å². The first-order valence-electron chi connectivity index (χ1n) is 7.55. The van der Waals surface area contributed by atoms with Gasteiger partial charge in [-0.1, -0.05) is 6.08 Å². The van der Waals surface area contributed by atoms with Gasteiger partial charge in [0.25, 0.3) is 0 Å². The van der Waals surface area contributed by atoms with Gasteiger partial charge in [0.15, 0.2) is 11.5 Å². The van der Waals surface area contributed by atoms with Crippen LogP contribution in [-0.4, -0.2) is 43.1 Å². The number of rotatable bonds is 3. The molecule has 3 heterocycles. The summed E-state index contributed by atoms with van der Waals surface area (Å²) in [6.07, 6.45) is 6.65. The van der Waals surface area contributed by atoms with Gasteiger partial charge in [-0.3, -0.25) is 4.90 Å². The van der Waals surface area contributed by atoms with E-state index in [-0.39, 0.29) is 33.9 Å². The fraction of sp³-hybridized carbons (Fsp3) is 0.167. The maximum atomic E-state index is 12.4. The molecule has 9 heteroatoms. The van der Waals surface area contributed by atoms with E-state index >= 15 is 0 Å². The summed E-state index contributed by atoms with van der Waals surface area (Å²) < 4.78 is 9.56. The Balaban J connectivity index is 2.43. The van der Waals surface area contributed by atoms with Crippen molar-refractivity contribution < 1.29 is 19.1 Å². The summed E-state index contributed by atoms with van der Waals surface area (Å²) in [5.41, 5.74) is 0.801. The molecule has 0 aromatic rings. The van der Waals surface area contributed by atoms with E-state index in [1.165, 1.54) is 30.9 Å². The van der Waals surface area contributed by atoms with Crippen LogP contribution in [0.2, 0.25) is 0 Å². The van der Waals surface area contributed by atoms with Gasteiger partial charge in [0.05, 0.1) is 31.2 Å². The Bertz CT molecular complexity index is 1040. The zero-order valence-corrected chi connectivity index (χ0v) is 15.4. The van der Waals surface area contributed by atoms with E-state index < -0.39 is 11.9 Å². The van der Waals surface area contributed by atoms with Crippen molar-refractivity contribution in [1.29, 1.82) is 10.5 Å². The van der Waals surface area contributed by atoms with Gasteiger partial charge in [0, 0.05) is 4.91 Å². The van der Waals surface area contributed by atoms with Crippen molar-refractivity contribution in [2.24, 2.45) is 4.99 Å². The largest absolute Gasteiger partial charge is 0.465 e. The standard InChI is InChI=1S/C18H12N4O4S/c1-25-17(23)13-12-6-4-5-11-9(7-19)15(27-3)10(8-20)16(22(11)12)21-14(13)18(24)26-2/h4-6H,1-3H3. The summed E-state index contributed by atoms with van der Waals surface area (Å²) in [4.78, 5) is 30.9. The molecule has 0 atom stereocenters. The third kappa shape index (κ3) is 2.57. The van der Waals surface area contributed by atoms with Crippen molar-refractivity contribution in [3.63, 3.8) is 0 Å². The maximum Gasteiger partial charge on any atom is 0.357 e. The molecule has 0 bridgehead atoms. The molecule has 0 spiro atoms. The van der Waals surface area contributed by atoms with Crippen LogP contribution in [-0.2, 0) is 19.1 Å². The number of carbonyl (C=O) groups is 2. The van der Waals surface area contributed by atoms with E-state index in [0.29, 0.717) is 10.6 Å². The lowest BCUT2D eigenvalue weighted by atomic mass is 9.94. The average Bonchev–Trinajstić information content (AvgIpc) is 2.71. The quantitative estimate of drug-likeness (QED) is 0.679. The normalized spacial score (nSPS) is 17.6. The van der Waals surface area contributed by atoms with Gasteiger partial charge < -0.3 is 9.47 Å². The summed E-state index contributed by atoms with van der Waals surface area (Å²) in [6, 6.07) is 4.16. The summed E-state index contributed by atoms with van der Waals surface area (Å²) in [5, 5.41) is 19.3. The minimum absolute atomic E-state index is 0.0999. The predicted octanol–water partition coefficient (Wildman–Crippen LogP) is 1.69. The lowest BCUT2D eigenvalue weighted by Gasteiger charge is -2.38. The molecule has 0 aromatic carbocycles. The number of carbonyl (C=O) groups excluding carboxylic acids is 2. The van der Waals surface area contributed by atoms with Crippen molar-refractivity contribution in [3.8, 4) is 12.1 Å². The summed E-state index contributed by atoms with van der Waals surface area (Å²) in [6.45, 7) is 0. The molecule has 0 saturated carbocycles. The van der Waals surface area contributed by atoms with E-state index in [1.54, 1.807) is 24.5 Å². The Morgan fingerprint density at radius 1 is 1.15 bits per heavy atom. The number of hydrogen-bond donors (Lipinski definition) is 0. The Hall–Kier alpha value is -3.56. The van der Waals surface area contributed by atoms with Crippen molar-refractivity contribution >= 4 is 29.5 Å². The molecule has 0 radical (unpaired) electrons. The molecule has 3 aliphatic heterocycles. The monoisotopic (exact) mass is 380 g/mol. The highest BCUT2D eigenvalue weighted by molar-refractivity contribution is 8.02. The molecule has 0 amide bonds. The van der Waals surface area contributed by atoms with Gasteiger partial charge >= 0.3 is 11.9 Å². The molecular weight excluding hydrogens is 368 g/mol. The van der Waals surface area contributed by atoms with Crippen LogP contribution in [0.5, 0.6) is 0 Å². The van der Waals surface area contributed by atoms with E-state index in [0.717, 1.165) is 0 Å². The third-order valence-electron chi connectivity index (χ3n) is 4.04. The lowest BCUT2D eigenvalue weighted by Crippen LogP contribution is -2.41. The van der Waals surface area contributed by atoms with Gasteiger partial charge in [0.1, 0.15) is 23.3 Å². The van der Waals surface area contributed by atoms with Crippen LogP contribution >= 0.6 is 11.8 Å². The summed E-state index contributed by atoms with van der Waals surface area (Å²) >= 11 is 1.23. The van der Waals surface area contributed by atoms with Gasteiger partial charge in [-0.2, -0.15) is 10.5 Å². The molecule has 0 aromatic heterocycles. The van der Waals surface area contributed by atoms with E-state index in [1.807, 2.05) is 0 Å². The molecule has 8 nitrogen and oxygen atoms in total. The summed E-state index contributed by atoms with van der Waals surface area (Å²) in [5.74, 6) is -1.46. The smallest absolute Gasteiger partial charge is 0.357 e. The number of nitrogens with zero attached hydrogens (tertiary/aromatic N) is 4. The molecule has 0 unspecified atom stereocenters. The molecule has 0 N–H and O–H groups in total. The number of aliphatic imine (C=N–C) groups is 1. The van der Waals surface area contributed by atoms with Gasteiger partial charge in [0.2, 0.25) is 0 Å². The second kappa shape index (κ2) is 6.98. The minimum atomic E-state index is -0.836. The first-order valence-corrected chi connectivity index (χ1v) is 8.78. The highest BCUT2D eigenvalue weighted by Gasteiger charge is 2.42. The number of thioether (sulfide) groups is 1. The van der Waals surface area contributed by atoms with Crippen molar-refractivity contribution in [2.45, 2.75) is 0 Å². The molecule has 3 rings (SSSR count). The molecule has 0 saturated heterocycles. The van der Waals surface area contributed by atoms with E-state index in [2.05, 4.69) is 17.1 Å². The average molecular weight is 380 g/mol. The first kappa shape index (κ1) is 18.2. The Kier molecular flexibility index (Phi) is 4.72. The summed E-state index contributed by atoms with van der Waals surface area (Å²) in [7, 11) is 2.35. The van der Waals surface area contributed by atoms with Crippen LogP contribution in [0.4, 0.5) is 0 Å². The zero-order valence-electron chi connectivity index (χ0n) is 14.6. The molecule has 0 aliphatic carbocycles. The second-order valence-electron chi connectivity index (χ2n) is 5.28. The fourth-order valence-corrected chi connectivity index (χ4v) is 3.63. The second-order valence-corrected chi connectivity index (χ2v) is 6.10. The molecule has 134 valence electrons. The van der Waals surface area contributed by atoms with Crippen LogP contribution in [0.15, 0.2) is 61.9 Å². The first-order chi connectivity index (χ1) is 13.0. The van der Waals surface area contributed by atoms with Gasteiger partial charge in [-0.15, -0.1) is 11.8 Å². The third-order valence-corrected chi connectivity index (χ3v) is 4.86. The highest BCUT2D eigenvalue weighted by Crippen LogP contribution is 2.43. The number of methoxy groups -OCH3 is 2. The molecule has 3 aliphatic rings. The Labute approximate surface area is 159 Å². The van der Waals surface area contributed by atoms with Crippen molar-refractivity contribution in [1.82, 2.24) is 4.90 Å². The Morgan fingerprint density at radius 2 is 1.81 bits per heavy atom. The number of ether oxygens (including phenoxy) is 2. The number of nitriles is 2. The molecule has 0 fully saturated rings. The number of amidine groups is 1. The fourth-order valence-electron chi connectivity index (χ4n) is 2.93. The molecular formula is C18H12N4O4S. The van der Waals surface area contributed by atoms with Crippen LogP contribution in [0.1, 0.15) is 0 Å². The SMILES string of the molecule is COC(=O)C1=C(C(=O)OC)C2=CC=CC3=C(C#N)C(SC)=C(C#N)C(=N1)N23. The van der Waals surface area contributed by atoms with Crippen LogP contribution in [0, 0.1) is 22.7 Å². The van der Waals surface area contributed by atoms with Crippen molar-refractivity contribution in [3.05, 3.63) is 56.9 Å². The Morgan fingerprint density at radius 3 is 2.37 bits per heavy atom. The zero-order chi connectivity index (χ0) is 19.7. The number of hydrogen-bond acceptors (Lipinski definition) is 9. The minimum Gasteiger partial charge on any atom is -0.465 e. The van der Waals surface area contributed by atoms with Crippen LogP contribution in [0.3, 0.4) is 0 Å². The maximum absolute atomic E-state index is 12.4. The van der Waals surface area contributed by atoms with Crippen molar-refractivity contribution in [2.75, 3.05) is 20.5 Å². The van der Waals surface area contributed by atoms with Gasteiger partial charge in [-0.25, -0.2) is 14.6 Å². The predicted molar refractivity (Wildman–Crippen MR) is 96.3 cm³/mol.